The minimum atomic E-state index is 0.631. The molecule has 2 heterocycles. The Morgan fingerprint density at radius 3 is 2.54 bits per heavy atom. The van der Waals surface area contributed by atoms with Crippen molar-refractivity contribution in [3.05, 3.63) is 60.7 Å². The molecule has 0 atom stereocenters. The zero-order valence-electron chi connectivity index (χ0n) is 16.2. The molecule has 0 saturated heterocycles. The Morgan fingerprint density at radius 2 is 1.82 bits per heavy atom. The number of methoxy groups -OCH3 is 2. The molecule has 142 valence electrons. The average molecular weight is 375 g/mol. The molecule has 7 nitrogen and oxygen atoms in total. The lowest BCUT2D eigenvalue weighted by molar-refractivity contribution is 0.413. The lowest BCUT2D eigenvalue weighted by Gasteiger charge is -2.10. The van der Waals surface area contributed by atoms with Crippen LogP contribution in [-0.2, 0) is 7.05 Å². The molecule has 0 N–H and O–H groups in total. The highest BCUT2D eigenvalue weighted by atomic mass is 16.5. The number of aryl methyl sites for hydroxylation is 2. The summed E-state index contributed by atoms with van der Waals surface area (Å²) in [6.07, 6.45) is 3.73. The van der Waals surface area contributed by atoms with E-state index in [-0.39, 0.29) is 0 Å². The summed E-state index contributed by atoms with van der Waals surface area (Å²) in [6, 6.07) is 13.7. The first kappa shape index (κ1) is 17.8. The number of hydrogen-bond donors (Lipinski definition) is 0. The lowest BCUT2D eigenvalue weighted by Crippen LogP contribution is -1.96. The van der Waals surface area contributed by atoms with Crippen LogP contribution in [0.2, 0.25) is 0 Å². The van der Waals surface area contributed by atoms with Gasteiger partial charge in [0.05, 0.1) is 31.9 Å². The molecule has 0 saturated carbocycles. The van der Waals surface area contributed by atoms with Gasteiger partial charge in [-0.1, -0.05) is 12.1 Å². The number of aromatic nitrogens is 5. The number of benzene rings is 2. The van der Waals surface area contributed by atoms with Crippen LogP contribution in [0.5, 0.6) is 11.5 Å². The van der Waals surface area contributed by atoms with Crippen LogP contribution in [0.4, 0.5) is 0 Å². The summed E-state index contributed by atoms with van der Waals surface area (Å²) in [6.45, 7) is 1.95. The smallest absolute Gasteiger partial charge is 0.181 e. The van der Waals surface area contributed by atoms with E-state index >= 15 is 0 Å². The number of hydrogen-bond acceptors (Lipinski definition) is 5. The van der Waals surface area contributed by atoms with Crippen LogP contribution in [0.3, 0.4) is 0 Å². The van der Waals surface area contributed by atoms with Crippen molar-refractivity contribution in [1.29, 1.82) is 0 Å². The van der Waals surface area contributed by atoms with E-state index in [2.05, 4.69) is 10.1 Å². The fourth-order valence-corrected chi connectivity index (χ4v) is 3.10. The van der Waals surface area contributed by atoms with Crippen LogP contribution in [-0.4, -0.2) is 38.5 Å². The molecule has 0 radical (unpaired) electrons. The minimum Gasteiger partial charge on any atom is -0.497 e. The van der Waals surface area contributed by atoms with E-state index < -0.39 is 0 Å². The van der Waals surface area contributed by atoms with Crippen LogP contribution >= 0.6 is 0 Å². The molecule has 0 spiro atoms. The van der Waals surface area contributed by atoms with Crippen molar-refractivity contribution in [1.82, 2.24) is 24.3 Å². The molecule has 4 rings (SSSR count). The summed E-state index contributed by atoms with van der Waals surface area (Å²) < 4.78 is 14.6. The molecule has 4 aromatic rings. The molecule has 28 heavy (non-hydrogen) atoms. The number of imidazole rings is 1. The first-order valence-corrected chi connectivity index (χ1v) is 8.84. The predicted octanol–water partition coefficient (Wildman–Crippen LogP) is 3.66. The van der Waals surface area contributed by atoms with Crippen molar-refractivity contribution in [3.63, 3.8) is 0 Å². The van der Waals surface area contributed by atoms with Gasteiger partial charge in [-0.05, 0) is 37.3 Å². The Bertz CT molecular complexity index is 1130. The third kappa shape index (κ3) is 3.22. The van der Waals surface area contributed by atoms with Gasteiger partial charge in [0, 0.05) is 24.4 Å². The van der Waals surface area contributed by atoms with Crippen molar-refractivity contribution in [3.8, 4) is 40.0 Å². The summed E-state index contributed by atoms with van der Waals surface area (Å²) >= 11 is 0. The maximum atomic E-state index is 5.60. The van der Waals surface area contributed by atoms with E-state index in [0.717, 1.165) is 39.8 Å². The second-order valence-corrected chi connectivity index (χ2v) is 6.42. The quantitative estimate of drug-likeness (QED) is 0.533. The van der Waals surface area contributed by atoms with Gasteiger partial charge in [0.25, 0.3) is 0 Å². The summed E-state index contributed by atoms with van der Waals surface area (Å²) in [5, 5.41) is 4.58. The Balaban J connectivity index is 1.73. The first-order valence-electron chi connectivity index (χ1n) is 8.84. The number of rotatable bonds is 5. The molecule has 0 unspecified atom stereocenters. The number of nitrogens with zero attached hydrogens (tertiary/aromatic N) is 5. The van der Waals surface area contributed by atoms with Gasteiger partial charge in [0.2, 0.25) is 0 Å². The van der Waals surface area contributed by atoms with Gasteiger partial charge in [-0.3, -0.25) is 0 Å². The van der Waals surface area contributed by atoms with Gasteiger partial charge < -0.3 is 14.0 Å². The summed E-state index contributed by atoms with van der Waals surface area (Å²) in [5.74, 6) is 2.91. The van der Waals surface area contributed by atoms with Crippen LogP contribution in [0, 0.1) is 6.92 Å². The third-order valence-electron chi connectivity index (χ3n) is 4.52. The Morgan fingerprint density at radius 1 is 0.964 bits per heavy atom. The molecule has 2 aromatic carbocycles. The van der Waals surface area contributed by atoms with Gasteiger partial charge in [0.15, 0.2) is 11.6 Å². The van der Waals surface area contributed by atoms with Crippen LogP contribution in [0.1, 0.15) is 5.69 Å². The summed E-state index contributed by atoms with van der Waals surface area (Å²) in [7, 11) is 5.18. The fraction of sp³-hybridized carbons (Fsp3) is 0.190. The zero-order valence-corrected chi connectivity index (χ0v) is 16.2. The normalized spacial score (nSPS) is 10.9. The largest absolute Gasteiger partial charge is 0.497 e. The molecular weight excluding hydrogens is 354 g/mol. The van der Waals surface area contributed by atoms with Crippen LogP contribution in [0.15, 0.2) is 55.0 Å². The van der Waals surface area contributed by atoms with Crippen molar-refractivity contribution < 1.29 is 9.47 Å². The molecule has 7 heteroatoms. The molecule has 0 bridgehead atoms. The maximum absolute atomic E-state index is 5.60. The molecule has 0 fully saturated rings. The predicted molar refractivity (Wildman–Crippen MR) is 107 cm³/mol. The van der Waals surface area contributed by atoms with E-state index in [4.69, 9.17) is 14.5 Å². The van der Waals surface area contributed by atoms with E-state index in [1.165, 1.54) is 0 Å². The maximum Gasteiger partial charge on any atom is 0.181 e. The third-order valence-corrected chi connectivity index (χ3v) is 4.52. The van der Waals surface area contributed by atoms with Gasteiger partial charge >= 0.3 is 0 Å². The van der Waals surface area contributed by atoms with Crippen molar-refractivity contribution in [2.45, 2.75) is 6.92 Å². The fourth-order valence-electron chi connectivity index (χ4n) is 3.10. The molecule has 0 amide bonds. The van der Waals surface area contributed by atoms with E-state index in [0.29, 0.717) is 5.82 Å². The van der Waals surface area contributed by atoms with E-state index in [9.17, 15) is 0 Å². The summed E-state index contributed by atoms with van der Waals surface area (Å²) in [4.78, 5) is 9.01. The van der Waals surface area contributed by atoms with Crippen molar-refractivity contribution in [2.75, 3.05) is 14.2 Å². The Hall–Kier alpha value is -3.61. The highest BCUT2D eigenvalue weighted by molar-refractivity contribution is 5.66. The summed E-state index contributed by atoms with van der Waals surface area (Å²) in [5.41, 5.74) is 3.68. The molecule has 0 aliphatic carbocycles. The molecule has 2 aromatic heterocycles. The minimum absolute atomic E-state index is 0.631. The average Bonchev–Trinajstić information content (AvgIpc) is 3.33. The molecular formula is C21H21N5O2. The standard InChI is InChI=1S/C21H21N5O2/c1-14-12-26(13-22-14)18-9-8-15(11-19(18)28-4)20-23-21(25(2)24-20)16-6-5-7-17(10-16)27-3/h5-13H,1-4H3. The monoisotopic (exact) mass is 375 g/mol. The van der Waals surface area contributed by atoms with Gasteiger partial charge in [-0.2, -0.15) is 5.10 Å². The topological polar surface area (TPSA) is 67.0 Å². The van der Waals surface area contributed by atoms with Gasteiger partial charge in [-0.25, -0.2) is 14.6 Å². The van der Waals surface area contributed by atoms with E-state index in [1.54, 1.807) is 25.2 Å². The Labute approximate surface area is 163 Å². The second kappa shape index (κ2) is 7.19. The lowest BCUT2D eigenvalue weighted by atomic mass is 10.1. The molecule has 0 aliphatic rings. The zero-order chi connectivity index (χ0) is 19.7. The molecule has 0 aliphatic heterocycles. The van der Waals surface area contributed by atoms with Crippen molar-refractivity contribution >= 4 is 0 Å². The number of ether oxygens (including phenoxy) is 2. The highest BCUT2D eigenvalue weighted by Crippen LogP contribution is 2.30. The van der Waals surface area contributed by atoms with E-state index in [1.807, 2.05) is 67.2 Å². The SMILES string of the molecule is COc1cccc(-c2nc(-c3ccc(-n4cnc(C)c4)c(OC)c3)nn2C)c1. The Kier molecular flexibility index (Phi) is 4.57. The first-order chi connectivity index (χ1) is 13.6. The van der Waals surface area contributed by atoms with Gasteiger partial charge in [0.1, 0.15) is 11.5 Å². The van der Waals surface area contributed by atoms with Crippen molar-refractivity contribution in [2.24, 2.45) is 7.05 Å². The van der Waals surface area contributed by atoms with Crippen LogP contribution < -0.4 is 9.47 Å². The second-order valence-electron chi connectivity index (χ2n) is 6.42. The van der Waals surface area contributed by atoms with Gasteiger partial charge in [-0.15, -0.1) is 0 Å². The highest BCUT2D eigenvalue weighted by Gasteiger charge is 2.14. The van der Waals surface area contributed by atoms with Crippen LogP contribution in [0.25, 0.3) is 28.5 Å².